The number of nitrogens with zero attached hydrogens (tertiary/aromatic N) is 6. The van der Waals surface area contributed by atoms with E-state index in [0.29, 0.717) is 31.6 Å². The van der Waals surface area contributed by atoms with Crippen LogP contribution in [0.1, 0.15) is 118 Å². The molecule has 0 bridgehead atoms. The Hall–Kier alpha value is -3.13. The Balaban J connectivity index is 1.25. The zero-order valence-corrected chi connectivity index (χ0v) is 48.0. The van der Waals surface area contributed by atoms with Crippen LogP contribution >= 0.6 is 11.3 Å². The standard InChI is InChI=1S/C55H89FN6O13S/c1-15-44-55(10,68)48(64)35(6)61(12)27-31(2)23-53(8,67)50(33(4)46(34(5)51(66)74-44)71-29-40-24-54(9,70-14)49(65)36(7)73-40)75-52-45(63)41(22-32(3)72-52)60(11)21-20-39-28-62(59-58-39)42(25-56)47(69-13)38-18-16-37(17-19-38)43-26-57-30-76-43/h16-19,26,28,30-36,40-42,44-50,52,63-65,67-68H,15,20-25,27,29H2,1-14H3/t31-,32-,33+,34-,35-,36+,40-,41+,42-,44-,45-,46+,47-,48-,49+,50-,52+,53-,54-,55-/m1/s1. The Morgan fingerprint density at radius 3 is 2.32 bits per heavy atom. The molecular weight excluding hydrogens is 1000 g/mol. The molecule has 3 fully saturated rings. The number of cyclic esters (lactones) is 1. The van der Waals surface area contributed by atoms with Crippen LogP contribution in [-0.4, -0.2) is 206 Å². The van der Waals surface area contributed by atoms with Gasteiger partial charge in [0.05, 0.1) is 70.3 Å². The van der Waals surface area contributed by atoms with E-state index in [9.17, 15) is 34.7 Å². The number of esters is 1. The normalized spacial score (nSPS) is 38.5. The van der Waals surface area contributed by atoms with Crippen LogP contribution in [0.5, 0.6) is 0 Å². The molecule has 6 rings (SSSR count). The van der Waals surface area contributed by atoms with Gasteiger partial charge in [-0.25, -0.2) is 9.07 Å². The molecule has 3 aromatic rings. The fraction of sp³-hybridized carbons (Fsp3) is 0.782. The van der Waals surface area contributed by atoms with Gasteiger partial charge >= 0.3 is 5.97 Å². The van der Waals surface area contributed by atoms with Crippen LogP contribution in [-0.2, 0) is 44.4 Å². The van der Waals surface area contributed by atoms with Gasteiger partial charge in [-0.1, -0.05) is 50.3 Å². The third-order valence-corrected chi connectivity index (χ3v) is 17.5. The van der Waals surface area contributed by atoms with Gasteiger partial charge in [-0.15, -0.1) is 16.4 Å². The number of alkyl halides is 1. The van der Waals surface area contributed by atoms with Gasteiger partial charge in [0.1, 0.15) is 48.8 Å². The fourth-order valence-corrected chi connectivity index (χ4v) is 12.6. The van der Waals surface area contributed by atoms with Gasteiger partial charge in [-0.05, 0) is 98.9 Å². The number of methoxy groups -OCH3 is 2. The second-order valence-electron chi connectivity index (χ2n) is 22.9. The first kappa shape index (κ1) is 62.1. The van der Waals surface area contributed by atoms with E-state index in [4.69, 9.17) is 33.2 Å². The van der Waals surface area contributed by atoms with Crippen molar-refractivity contribution in [3.8, 4) is 10.4 Å². The Morgan fingerprint density at radius 2 is 1.70 bits per heavy atom. The number of benzene rings is 1. The summed E-state index contributed by atoms with van der Waals surface area (Å²) in [4.78, 5) is 23.6. The lowest BCUT2D eigenvalue weighted by molar-refractivity contribution is -0.301. The van der Waals surface area contributed by atoms with Gasteiger partial charge < -0.3 is 68.5 Å². The SMILES string of the molecule is CC[C@H]1OC(=O)[C@H](C)[C@@H](OC[C@H]2C[C@@](C)(OC)[C@@H](O)[C@H](C)O2)[C@H](C)[C@@H](O[C@@H]2O[C@H](C)C[C@H](N(C)CCc3cn([C@H](CF)[C@H](OC)c4ccc(-c5cncs5)cc4)nn3)[C@H]2O)[C@](C)(O)C[C@@H](C)CN(C)[C@H](C)[C@@H](O)[C@]1(C)O. The number of rotatable bonds is 17. The molecule has 5 N–H and O–H groups in total. The second kappa shape index (κ2) is 26.4. The van der Waals surface area contributed by atoms with Crippen molar-refractivity contribution >= 4 is 17.3 Å². The van der Waals surface area contributed by atoms with Gasteiger partial charge in [-0.3, -0.25) is 9.78 Å². The number of ether oxygens (including phenoxy) is 7. The van der Waals surface area contributed by atoms with Gasteiger partial charge in [0.2, 0.25) is 0 Å². The molecule has 0 aliphatic carbocycles. The van der Waals surface area contributed by atoms with E-state index in [1.165, 1.54) is 30.1 Å². The Morgan fingerprint density at radius 1 is 1.00 bits per heavy atom. The Bertz CT molecular complexity index is 2250. The molecule has 430 valence electrons. The fourth-order valence-electron chi connectivity index (χ4n) is 12.0. The van der Waals surface area contributed by atoms with Crippen molar-refractivity contribution in [3.63, 3.8) is 0 Å². The van der Waals surface area contributed by atoms with E-state index >= 15 is 0 Å². The predicted molar refractivity (Wildman–Crippen MR) is 284 cm³/mol. The number of hydrogen-bond donors (Lipinski definition) is 5. The number of aliphatic hydroxyl groups is 5. The maximum atomic E-state index is 14.9. The van der Waals surface area contributed by atoms with Crippen LogP contribution in [0, 0.1) is 17.8 Å². The van der Waals surface area contributed by atoms with Crippen LogP contribution in [0.2, 0.25) is 0 Å². The largest absolute Gasteiger partial charge is 0.459 e. The van der Waals surface area contributed by atoms with E-state index in [1.54, 1.807) is 59.6 Å². The van der Waals surface area contributed by atoms with Gasteiger partial charge in [0.25, 0.3) is 0 Å². The summed E-state index contributed by atoms with van der Waals surface area (Å²) in [5, 5.41) is 68.5. The van der Waals surface area contributed by atoms with Gasteiger partial charge in [-0.2, -0.15) is 0 Å². The summed E-state index contributed by atoms with van der Waals surface area (Å²) >= 11 is 1.54. The number of halogens is 1. The quantitative estimate of drug-likeness (QED) is 0.110. The van der Waals surface area contributed by atoms with Crippen molar-refractivity contribution < 1.29 is 67.9 Å². The van der Waals surface area contributed by atoms with Crippen LogP contribution < -0.4 is 0 Å². The molecule has 3 aliphatic heterocycles. The van der Waals surface area contributed by atoms with Crippen molar-refractivity contribution in [1.29, 1.82) is 0 Å². The lowest BCUT2D eigenvalue weighted by Gasteiger charge is -2.48. The molecule has 5 heterocycles. The maximum Gasteiger partial charge on any atom is 0.311 e. The third kappa shape index (κ3) is 14.2. The molecular formula is C55H89FN6O13S. The summed E-state index contributed by atoms with van der Waals surface area (Å²) in [6, 6.07) is 5.93. The highest BCUT2D eigenvalue weighted by atomic mass is 32.1. The van der Waals surface area contributed by atoms with E-state index < -0.39 is 127 Å². The summed E-state index contributed by atoms with van der Waals surface area (Å²) in [6.07, 6.45) is -5.08. The molecule has 21 heteroatoms. The van der Waals surface area contributed by atoms with Crippen LogP contribution in [0.15, 0.2) is 42.2 Å². The minimum Gasteiger partial charge on any atom is -0.459 e. The summed E-state index contributed by atoms with van der Waals surface area (Å²) < 4.78 is 60.5. The minimum absolute atomic E-state index is 0.0339. The lowest BCUT2D eigenvalue weighted by Crippen LogP contribution is -2.60. The lowest BCUT2D eigenvalue weighted by atomic mass is 9.77. The van der Waals surface area contributed by atoms with Crippen molar-refractivity contribution in [2.24, 2.45) is 17.8 Å². The molecule has 0 saturated carbocycles. The van der Waals surface area contributed by atoms with E-state index in [1.807, 2.05) is 75.9 Å². The first-order valence-corrected chi connectivity index (χ1v) is 27.9. The minimum atomic E-state index is -1.84. The average molecular weight is 1090 g/mol. The first-order chi connectivity index (χ1) is 35.8. The van der Waals surface area contributed by atoms with E-state index in [0.717, 1.165) is 16.0 Å². The summed E-state index contributed by atoms with van der Waals surface area (Å²) in [7, 11) is 6.81. The molecule has 0 spiro atoms. The topological polar surface area (TPSA) is 233 Å². The zero-order valence-electron chi connectivity index (χ0n) is 47.2. The number of aliphatic hydroxyl groups excluding tert-OH is 3. The van der Waals surface area contributed by atoms with Crippen molar-refractivity contribution in [2.75, 3.05) is 54.7 Å². The highest BCUT2D eigenvalue weighted by molar-refractivity contribution is 7.13. The van der Waals surface area contributed by atoms with Crippen LogP contribution in [0.3, 0.4) is 0 Å². The highest BCUT2D eigenvalue weighted by Crippen LogP contribution is 2.40. The van der Waals surface area contributed by atoms with Crippen molar-refractivity contribution in [1.82, 2.24) is 29.8 Å². The predicted octanol–water partition coefficient (Wildman–Crippen LogP) is 5.17. The van der Waals surface area contributed by atoms with Crippen LogP contribution in [0.4, 0.5) is 4.39 Å². The average Bonchev–Trinajstić information content (AvgIpc) is 4.10. The summed E-state index contributed by atoms with van der Waals surface area (Å²) in [5.41, 5.74) is -0.231. The number of likely N-dealkylation sites (N-methyl/N-ethyl adjacent to an activating group) is 2. The smallest absolute Gasteiger partial charge is 0.311 e. The van der Waals surface area contributed by atoms with E-state index in [-0.39, 0.29) is 31.8 Å². The van der Waals surface area contributed by atoms with Gasteiger partial charge in [0.15, 0.2) is 6.29 Å². The van der Waals surface area contributed by atoms with E-state index in [2.05, 4.69) is 15.3 Å². The number of aromatic nitrogens is 4. The summed E-state index contributed by atoms with van der Waals surface area (Å²) in [6.45, 7) is 17.7. The molecule has 3 aliphatic rings. The van der Waals surface area contributed by atoms with Crippen molar-refractivity contribution in [2.45, 2.75) is 204 Å². The Kier molecular flexibility index (Phi) is 21.6. The molecule has 0 unspecified atom stereocenters. The third-order valence-electron chi connectivity index (χ3n) is 16.7. The Labute approximate surface area is 453 Å². The second-order valence-corrected chi connectivity index (χ2v) is 23.8. The maximum absolute atomic E-state index is 14.9. The number of carbonyl (C=O) groups is 1. The number of hydrogen-bond acceptors (Lipinski definition) is 19. The number of carbonyl (C=O) groups excluding carboxylic acids is 1. The molecule has 19 nitrogen and oxygen atoms in total. The molecule has 0 amide bonds. The van der Waals surface area contributed by atoms with Crippen molar-refractivity contribution in [3.05, 3.63) is 53.4 Å². The summed E-state index contributed by atoms with van der Waals surface area (Å²) in [5.74, 6) is -2.73. The monoisotopic (exact) mass is 1090 g/mol. The molecule has 2 aromatic heterocycles. The molecule has 0 radical (unpaired) electrons. The first-order valence-electron chi connectivity index (χ1n) is 27.0. The highest BCUT2D eigenvalue weighted by Gasteiger charge is 2.52. The number of thiazole rings is 1. The van der Waals surface area contributed by atoms with Crippen LogP contribution in [0.25, 0.3) is 10.4 Å². The molecule has 1 aromatic carbocycles. The van der Waals surface area contributed by atoms with Gasteiger partial charge in [0, 0.05) is 70.5 Å². The molecule has 20 atom stereocenters. The molecule has 76 heavy (non-hydrogen) atoms. The zero-order chi connectivity index (χ0) is 56.0. The molecule has 3 saturated heterocycles.